The maximum atomic E-state index is 9.03. The fourth-order valence-electron chi connectivity index (χ4n) is 4.03. The van der Waals surface area contributed by atoms with Gasteiger partial charge in [0.05, 0.1) is 17.3 Å². The SMILES string of the molecule is Cc1sc2c(c1C)C(c1ccc(N(C)c3ccc(C#N)cc3)cc1)=NCc1nnc(C)n1-2. The van der Waals surface area contributed by atoms with Crippen molar-refractivity contribution < 1.29 is 0 Å². The van der Waals surface area contributed by atoms with E-state index in [0.717, 1.165) is 39.3 Å². The Hall–Kier alpha value is -3.76. The van der Waals surface area contributed by atoms with Crippen LogP contribution >= 0.6 is 11.3 Å². The molecular formula is C25H22N6S. The van der Waals surface area contributed by atoms with Gasteiger partial charge in [0.25, 0.3) is 0 Å². The molecule has 0 amide bonds. The standard InChI is InChI=1S/C25H22N6S/c1-15-16(2)32-25-23(15)24(27-14-22-29-28-17(3)31(22)25)19-7-11-21(12-8-19)30(4)20-9-5-18(13-26)6-10-20/h5-12H,14H2,1-4H3. The third-order valence-corrected chi connectivity index (χ3v) is 7.18. The summed E-state index contributed by atoms with van der Waals surface area (Å²) in [6.07, 6.45) is 0. The topological polar surface area (TPSA) is 70.1 Å². The van der Waals surface area contributed by atoms with Crippen molar-refractivity contribution in [3.05, 3.63) is 87.3 Å². The van der Waals surface area contributed by atoms with E-state index in [4.69, 9.17) is 10.3 Å². The molecule has 0 unspecified atom stereocenters. The van der Waals surface area contributed by atoms with E-state index in [2.05, 4.69) is 63.8 Å². The molecule has 0 saturated carbocycles. The van der Waals surface area contributed by atoms with Gasteiger partial charge in [-0.15, -0.1) is 21.5 Å². The van der Waals surface area contributed by atoms with Gasteiger partial charge in [-0.3, -0.25) is 9.56 Å². The molecule has 32 heavy (non-hydrogen) atoms. The van der Waals surface area contributed by atoms with E-state index in [1.165, 1.54) is 16.0 Å². The molecule has 0 N–H and O–H groups in total. The quantitative estimate of drug-likeness (QED) is 0.438. The Labute approximate surface area is 191 Å². The summed E-state index contributed by atoms with van der Waals surface area (Å²) in [5.41, 5.74) is 7.26. The third-order valence-electron chi connectivity index (χ3n) is 5.99. The third kappa shape index (κ3) is 3.20. The molecule has 0 radical (unpaired) electrons. The molecule has 7 heteroatoms. The summed E-state index contributed by atoms with van der Waals surface area (Å²) in [6, 6.07) is 18.2. The average molecular weight is 439 g/mol. The highest BCUT2D eigenvalue weighted by Crippen LogP contribution is 2.36. The Morgan fingerprint density at radius 3 is 2.28 bits per heavy atom. The minimum Gasteiger partial charge on any atom is -0.345 e. The average Bonchev–Trinajstić information content (AvgIpc) is 3.27. The van der Waals surface area contributed by atoms with Crippen molar-refractivity contribution in [1.29, 1.82) is 5.26 Å². The number of hydrogen-bond donors (Lipinski definition) is 0. The van der Waals surface area contributed by atoms with E-state index in [-0.39, 0.29) is 0 Å². The molecule has 1 aliphatic heterocycles. The number of aromatic nitrogens is 3. The Morgan fingerprint density at radius 2 is 1.62 bits per heavy atom. The number of aryl methyl sites for hydroxylation is 2. The summed E-state index contributed by atoms with van der Waals surface area (Å²) in [7, 11) is 2.03. The Morgan fingerprint density at radius 1 is 0.969 bits per heavy atom. The highest BCUT2D eigenvalue weighted by Gasteiger charge is 2.26. The predicted molar refractivity (Wildman–Crippen MR) is 128 cm³/mol. The van der Waals surface area contributed by atoms with Gasteiger partial charge in [0.15, 0.2) is 5.82 Å². The molecule has 0 bridgehead atoms. The monoisotopic (exact) mass is 438 g/mol. The number of aliphatic imine (C=N–C) groups is 1. The zero-order valence-electron chi connectivity index (χ0n) is 18.4. The van der Waals surface area contributed by atoms with Crippen molar-refractivity contribution in [1.82, 2.24) is 14.8 Å². The highest BCUT2D eigenvalue weighted by atomic mass is 32.1. The van der Waals surface area contributed by atoms with Gasteiger partial charge in [-0.1, -0.05) is 12.1 Å². The van der Waals surface area contributed by atoms with E-state index >= 15 is 0 Å². The first kappa shape index (κ1) is 20.2. The van der Waals surface area contributed by atoms with E-state index in [9.17, 15) is 0 Å². The van der Waals surface area contributed by atoms with Gasteiger partial charge in [-0.2, -0.15) is 5.26 Å². The van der Waals surface area contributed by atoms with Gasteiger partial charge in [0.1, 0.15) is 17.4 Å². The molecule has 0 atom stereocenters. The fourth-order valence-corrected chi connectivity index (χ4v) is 5.26. The number of benzene rings is 2. The van der Waals surface area contributed by atoms with Crippen LogP contribution in [0.1, 0.15) is 38.8 Å². The van der Waals surface area contributed by atoms with Crippen LogP contribution in [-0.2, 0) is 6.54 Å². The summed E-state index contributed by atoms with van der Waals surface area (Å²) in [6.45, 7) is 6.81. The molecular weight excluding hydrogens is 416 g/mol. The Kier molecular flexibility index (Phi) is 4.87. The summed E-state index contributed by atoms with van der Waals surface area (Å²) < 4.78 is 2.14. The molecule has 4 aromatic rings. The first-order valence-electron chi connectivity index (χ1n) is 10.4. The maximum absolute atomic E-state index is 9.03. The lowest BCUT2D eigenvalue weighted by atomic mass is 9.99. The number of thiophene rings is 1. The minimum atomic E-state index is 0.503. The van der Waals surface area contributed by atoms with Crippen molar-refractivity contribution >= 4 is 28.4 Å². The molecule has 5 rings (SSSR count). The van der Waals surface area contributed by atoms with Gasteiger partial charge >= 0.3 is 0 Å². The molecule has 0 spiro atoms. The second-order valence-corrected chi connectivity index (χ2v) is 9.09. The van der Waals surface area contributed by atoms with Gasteiger partial charge in [0.2, 0.25) is 0 Å². The molecule has 0 fully saturated rings. The maximum Gasteiger partial charge on any atom is 0.160 e. The predicted octanol–water partition coefficient (Wildman–Crippen LogP) is 5.24. The van der Waals surface area contributed by atoms with E-state index in [1.54, 1.807) is 11.3 Å². The van der Waals surface area contributed by atoms with Gasteiger partial charge < -0.3 is 4.90 Å². The van der Waals surface area contributed by atoms with Crippen LogP contribution in [0.2, 0.25) is 0 Å². The number of hydrogen-bond acceptors (Lipinski definition) is 6. The molecule has 6 nitrogen and oxygen atoms in total. The van der Waals surface area contributed by atoms with Crippen LogP contribution in [0.15, 0.2) is 53.5 Å². The molecule has 158 valence electrons. The highest BCUT2D eigenvalue weighted by molar-refractivity contribution is 7.15. The first-order valence-corrected chi connectivity index (χ1v) is 11.2. The number of anilines is 2. The van der Waals surface area contributed by atoms with Crippen LogP contribution in [-0.4, -0.2) is 27.5 Å². The number of fused-ring (bicyclic) bond motifs is 3. The second kappa shape index (κ2) is 7.74. The van der Waals surface area contributed by atoms with Crippen LogP contribution in [0.4, 0.5) is 11.4 Å². The van der Waals surface area contributed by atoms with Crippen LogP contribution in [0.3, 0.4) is 0 Å². The van der Waals surface area contributed by atoms with Crippen LogP contribution in [0.5, 0.6) is 0 Å². The van der Waals surface area contributed by atoms with Crippen molar-refractivity contribution in [2.45, 2.75) is 27.3 Å². The van der Waals surface area contributed by atoms with E-state index in [1.807, 2.05) is 38.2 Å². The number of nitrogens with zero attached hydrogens (tertiary/aromatic N) is 6. The summed E-state index contributed by atoms with van der Waals surface area (Å²) in [5.74, 6) is 1.76. The van der Waals surface area contributed by atoms with E-state index < -0.39 is 0 Å². The van der Waals surface area contributed by atoms with Crippen molar-refractivity contribution in [2.24, 2.45) is 4.99 Å². The van der Waals surface area contributed by atoms with Gasteiger partial charge in [0, 0.05) is 34.4 Å². The van der Waals surface area contributed by atoms with Gasteiger partial charge in [-0.05, 0) is 62.7 Å². The minimum absolute atomic E-state index is 0.503. The summed E-state index contributed by atoms with van der Waals surface area (Å²) in [5, 5.41) is 18.8. The smallest absolute Gasteiger partial charge is 0.160 e. The van der Waals surface area contributed by atoms with Crippen molar-refractivity contribution in [2.75, 3.05) is 11.9 Å². The Bertz CT molecular complexity index is 1380. The van der Waals surface area contributed by atoms with Crippen LogP contribution in [0, 0.1) is 32.1 Å². The van der Waals surface area contributed by atoms with Crippen molar-refractivity contribution in [3.63, 3.8) is 0 Å². The van der Waals surface area contributed by atoms with E-state index in [0.29, 0.717) is 12.1 Å². The second-order valence-electron chi connectivity index (χ2n) is 7.89. The fraction of sp³-hybridized carbons (Fsp3) is 0.200. The van der Waals surface area contributed by atoms with Gasteiger partial charge in [-0.25, -0.2) is 0 Å². The largest absolute Gasteiger partial charge is 0.345 e. The number of rotatable bonds is 3. The lowest BCUT2D eigenvalue weighted by Gasteiger charge is -2.20. The molecule has 3 heterocycles. The molecule has 0 aliphatic carbocycles. The Balaban J connectivity index is 1.53. The van der Waals surface area contributed by atoms with Crippen molar-refractivity contribution in [3.8, 4) is 11.1 Å². The lowest BCUT2D eigenvalue weighted by Crippen LogP contribution is -2.10. The first-order chi connectivity index (χ1) is 15.5. The zero-order chi connectivity index (χ0) is 22.4. The molecule has 1 aliphatic rings. The summed E-state index contributed by atoms with van der Waals surface area (Å²) in [4.78, 5) is 8.36. The molecule has 0 saturated heterocycles. The van der Waals surface area contributed by atoms with Crippen LogP contribution < -0.4 is 4.90 Å². The molecule has 2 aromatic heterocycles. The molecule has 2 aromatic carbocycles. The normalized spacial score (nSPS) is 12.4. The zero-order valence-corrected chi connectivity index (χ0v) is 19.2. The van der Waals surface area contributed by atoms with Crippen LogP contribution in [0.25, 0.3) is 5.00 Å². The lowest BCUT2D eigenvalue weighted by molar-refractivity contribution is 0.869. The number of nitriles is 1. The summed E-state index contributed by atoms with van der Waals surface area (Å²) >= 11 is 1.77.